The highest BCUT2D eigenvalue weighted by atomic mass is 35.5. The zero-order valence-corrected chi connectivity index (χ0v) is 17.2. The van der Waals surface area contributed by atoms with Crippen LogP contribution >= 0.6 is 24.0 Å². The number of alkyl halides is 1. The summed E-state index contributed by atoms with van der Waals surface area (Å²) in [5, 5.41) is 3.64. The van der Waals surface area contributed by atoms with Gasteiger partial charge in [-0.2, -0.15) is 0 Å². The summed E-state index contributed by atoms with van der Waals surface area (Å²) in [4.78, 5) is 5.02. The van der Waals surface area contributed by atoms with Gasteiger partial charge in [0.15, 0.2) is 0 Å². The van der Waals surface area contributed by atoms with Crippen molar-refractivity contribution in [2.45, 2.75) is 46.3 Å². The minimum absolute atomic E-state index is 0. The summed E-state index contributed by atoms with van der Waals surface area (Å²) in [6.07, 6.45) is 0. The van der Waals surface area contributed by atoms with Crippen LogP contribution in [0.1, 0.15) is 33.3 Å². The van der Waals surface area contributed by atoms with Crippen molar-refractivity contribution in [2.24, 2.45) is 0 Å². The molecule has 0 bridgehead atoms. The molecule has 0 aromatic heterocycles. The van der Waals surface area contributed by atoms with Gasteiger partial charge in [0.25, 0.3) is 0 Å². The highest BCUT2D eigenvalue weighted by Crippen LogP contribution is 2.13. The second-order valence-electron chi connectivity index (χ2n) is 5.85. The first-order chi connectivity index (χ1) is 11.2. The topological polar surface area (TPSA) is 18.5 Å². The van der Waals surface area contributed by atoms with E-state index in [-0.39, 0.29) is 12.4 Å². The van der Waals surface area contributed by atoms with Crippen molar-refractivity contribution in [3.63, 3.8) is 0 Å². The Morgan fingerprint density at radius 2 is 1.38 bits per heavy atom. The van der Waals surface area contributed by atoms with E-state index < -0.39 is 0 Å². The highest BCUT2D eigenvalue weighted by Gasteiger charge is 2.28. The minimum atomic E-state index is 0. The number of likely N-dealkylation sites (N-methyl/N-ethyl adjacent to an activating group) is 2. The zero-order chi connectivity index (χ0) is 17.1. The molecule has 0 radical (unpaired) electrons. The van der Waals surface area contributed by atoms with E-state index in [0.29, 0.717) is 18.0 Å². The first-order valence-electron chi connectivity index (χ1n) is 9.00. The molecule has 0 fully saturated rings. The normalized spacial score (nSPS) is 13.8. The van der Waals surface area contributed by atoms with Crippen LogP contribution in [0.3, 0.4) is 0 Å². The Morgan fingerprint density at radius 1 is 0.875 bits per heavy atom. The number of benzene rings is 1. The van der Waals surface area contributed by atoms with E-state index >= 15 is 0 Å². The molecule has 0 aliphatic rings. The smallest absolute Gasteiger partial charge is 0.0399 e. The average molecular weight is 376 g/mol. The summed E-state index contributed by atoms with van der Waals surface area (Å²) in [6.45, 7) is 15.0. The predicted molar refractivity (Wildman–Crippen MR) is 110 cm³/mol. The van der Waals surface area contributed by atoms with Crippen LogP contribution in [0.2, 0.25) is 0 Å². The SMILES string of the molecule is CCN(CC)C(CCl)C(CNCc1ccccc1)N(CC)CC.Cl. The third kappa shape index (κ3) is 7.28. The quantitative estimate of drug-likeness (QED) is 0.559. The summed E-state index contributed by atoms with van der Waals surface area (Å²) in [5.41, 5.74) is 1.33. The molecule has 0 amide bonds. The van der Waals surface area contributed by atoms with Crippen LogP contribution in [0.25, 0.3) is 0 Å². The maximum absolute atomic E-state index is 6.37. The summed E-state index contributed by atoms with van der Waals surface area (Å²) in [6, 6.07) is 11.4. The van der Waals surface area contributed by atoms with E-state index in [1.807, 2.05) is 0 Å². The Morgan fingerprint density at radius 3 is 1.83 bits per heavy atom. The van der Waals surface area contributed by atoms with E-state index in [2.05, 4.69) is 73.1 Å². The first-order valence-corrected chi connectivity index (χ1v) is 9.53. The molecular formula is C19H35Cl2N3. The lowest BCUT2D eigenvalue weighted by atomic mass is 10.1. The van der Waals surface area contributed by atoms with Gasteiger partial charge >= 0.3 is 0 Å². The molecular weight excluding hydrogens is 341 g/mol. The summed E-state index contributed by atoms with van der Waals surface area (Å²) in [7, 11) is 0. The number of halogens is 2. The lowest BCUT2D eigenvalue weighted by molar-refractivity contribution is 0.100. The first kappa shape index (κ1) is 23.7. The lowest BCUT2D eigenvalue weighted by Gasteiger charge is -2.40. The van der Waals surface area contributed by atoms with Crippen molar-refractivity contribution in [1.29, 1.82) is 0 Å². The Hall–Kier alpha value is -0.320. The number of nitrogens with zero attached hydrogens (tertiary/aromatic N) is 2. The predicted octanol–water partition coefficient (Wildman–Crippen LogP) is 3.86. The number of rotatable bonds is 12. The monoisotopic (exact) mass is 375 g/mol. The average Bonchev–Trinajstić information content (AvgIpc) is 2.60. The number of hydrogen-bond acceptors (Lipinski definition) is 3. The molecule has 0 saturated carbocycles. The Labute approximate surface area is 160 Å². The Balaban J connectivity index is 0.00000529. The van der Waals surface area contributed by atoms with Gasteiger partial charge in [0.2, 0.25) is 0 Å². The molecule has 5 heteroatoms. The molecule has 1 N–H and O–H groups in total. The van der Waals surface area contributed by atoms with E-state index in [1.165, 1.54) is 5.56 Å². The fraction of sp³-hybridized carbons (Fsp3) is 0.684. The minimum Gasteiger partial charge on any atom is -0.311 e. The van der Waals surface area contributed by atoms with Crippen LogP contribution < -0.4 is 5.32 Å². The van der Waals surface area contributed by atoms with Crippen molar-refractivity contribution in [2.75, 3.05) is 38.6 Å². The van der Waals surface area contributed by atoms with Crippen LogP contribution in [-0.2, 0) is 6.54 Å². The van der Waals surface area contributed by atoms with Crippen molar-refractivity contribution < 1.29 is 0 Å². The summed E-state index contributed by atoms with van der Waals surface area (Å²) < 4.78 is 0. The molecule has 140 valence electrons. The molecule has 0 aliphatic carbocycles. The Kier molecular flexibility index (Phi) is 13.7. The van der Waals surface area contributed by atoms with Gasteiger partial charge in [-0.25, -0.2) is 0 Å². The fourth-order valence-corrected chi connectivity index (χ4v) is 3.70. The Bertz CT molecular complexity index is 395. The maximum atomic E-state index is 6.37. The zero-order valence-electron chi connectivity index (χ0n) is 15.7. The lowest BCUT2D eigenvalue weighted by Crippen LogP contribution is -2.56. The molecule has 1 rings (SSSR count). The van der Waals surface area contributed by atoms with Gasteiger partial charge in [0.05, 0.1) is 0 Å². The van der Waals surface area contributed by atoms with Crippen molar-refractivity contribution in [1.82, 2.24) is 15.1 Å². The molecule has 2 atom stereocenters. The van der Waals surface area contributed by atoms with Gasteiger partial charge < -0.3 is 5.32 Å². The van der Waals surface area contributed by atoms with Crippen LogP contribution in [0.15, 0.2) is 30.3 Å². The van der Waals surface area contributed by atoms with Gasteiger partial charge in [-0.3, -0.25) is 9.80 Å². The third-order valence-corrected chi connectivity index (χ3v) is 5.01. The highest BCUT2D eigenvalue weighted by molar-refractivity contribution is 6.18. The van der Waals surface area contributed by atoms with Crippen molar-refractivity contribution in [3.8, 4) is 0 Å². The second-order valence-corrected chi connectivity index (χ2v) is 6.16. The molecule has 3 nitrogen and oxygen atoms in total. The van der Waals surface area contributed by atoms with Crippen LogP contribution in [0.5, 0.6) is 0 Å². The molecule has 2 unspecified atom stereocenters. The number of nitrogens with one attached hydrogen (secondary N) is 1. The molecule has 1 aromatic carbocycles. The van der Waals surface area contributed by atoms with Crippen molar-refractivity contribution in [3.05, 3.63) is 35.9 Å². The van der Waals surface area contributed by atoms with Gasteiger partial charge in [-0.1, -0.05) is 58.0 Å². The van der Waals surface area contributed by atoms with Gasteiger partial charge in [-0.05, 0) is 31.7 Å². The van der Waals surface area contributed by atoms with Crippen molar-refractivity contribution >= 4 is 24.0 Å². The standard InChI is InChI=1S/C19H34ClN3.ClH/c1-5-22(6-2)18(14-20)19(23(7-3)8-4)16-21-15-17-12-10-9-11-13-17;/h9-13,18-19,21H,5-8,14-16H2,1-4H3;1H. The largest absolute Gasteiger partial charge is 0.311 e. The van der Waals surface area contributed by atoms with Crippen LogP contribution in [-0.4, -0.2) is 60.5 Å². The molecule has 24 heavy (non-hydrogen) atoms. The fourth-order valence-electron chi connectivity index (χ4n) is 3.30. The van der Waals surface area contributed by atoms with E-state index in [1.54, 1.807) is 0 Å². The van der Waals surface area contributed by atoms with Gasteiger partial charge in [-0.15, -0.1) is 24.0 Å². The second kappa shape index (κ2) is 13.9. The summed E-state index contributed by atoms with van der Waals surface area (Å²) >= 11 is 6.37. The van der Waals surface area contributed by atoms with E-state index in [0.717, 1.165) is 39.3 Å². The molecule has 1 aromatic rings. The van der Waals surface area contributed by atoms with E-state index in [9.17, 15) is 0 Å². The van der Waals surface area contributed by atoms with Crippen LogP contribution in [0.4, 0.5) is 0 Å². The van der Waals surface area contributed by atoms with Crippen LogP contribution in [0, 0.1) is 0 Å². The molecule has 0 heterocycles. The number of hydrogen-bond donors (Lipinski definition) is 1. The third-order valence-electron chi connectivity index (χ3n) is 4.69. The molecule has 0 spiro atoms. The van der Waals surface area contributed by atoms with E-state index in [4.69, 9.17) is 11.6 Å². The molecule has 0 saturated heterocycles. The molecule has 0 aliphatic heterocycles. The summed E-state index contributed by atoms with van der Waals surface area (Å²) in [5.74, 6) is 0.676. The van der Waals surface area contributed by atoms with Gasteiger partial charge in [0, 0.05) is 31.1 Å². The van der Waals surface area contributed by atoms with Gasteiger partial charge in [0.1, 0.15) is 0 Å². The maximum Gasteiger partial charge on any atom is 0.0399 e.